The lowest BCUT2D eigenvalue weighted by atomic mass is 10.3. The number of hydrogen-bond acceptors (Lipinski definition) is 5. The third-order valence-corrected chi connectivity index (χ3v) is 4.77. The molecule has 21 heavy (non-hydrogen) atoms. The van der Waals surface area contributed by atoms with Gasteiger partial charge in [-0.3, -0.25) is 0 Å². The number of rotatable bonds is 4. The van der Waals surface area contributed by atoms with Crippen molar-refractivity contribution in [2.75, 3.05) is 36.5 Å². The standard InChI is InChI=1S/C15H18ClN3OS/c1-11-14(17-9-13-8-12(16)10-21-13)2-3-15(18-11)19-4-6-20-7-5-19/h2-3,8,10,17H,4-7,9H2,1H3. The van der Waals surface area contributed by atoms with E-state index in [1.54, 1.807) is 11.3 Å². The van der Waals surface area contributed by atoms with Gasteiger partial charge in [-0.2, -0.15) is 0 Å². The molecule has 4 nitrogen and oxygen atoms in total. The smallest absolute Gasteiger partial charge is 0.129 e. The second-order valence-electron chi connectivity index (χ2n) is 4.99. The highest BCUT2D eigenvalue weighted by Gasteiger charge is 2.13. The molecule has 0 spiro atoms. The van der Waals surface area contributed by atoms with Gasteiger partial charge < -0.3 is 15.0 Å². The van der Waals surface area contributed by atoms with E-state index in [9.17, 15) is 0 Å². The van der Waals surface area contributed by atoms with Crippen LogP contribution >= 0.6 is 22.9 Å². The topological polar surface area (TPSA) is 37.4 Å². The average molecular weight is 324 g/mol. The zero-order valence-electron chi connectivity index (χ0n) is 11.9. The summed E-state index contributed by atoms with van der Waals surface area (Å²) in [7, 11) is 0. The third-order valence-electron chi connectivity index (χ3n) is 3.48. The fourth-order valence-corrected chi connectivity index (χ4v) is 3.34. The first-order valence-corrected chi connectivity index (χ1v) is 8.25. The van der Waals surface area contributed by atoms with Gasteiger partial charge in [0.1, 0.15) is 5.82 Å². The molecule has 0 saturated carbocycles. The molecular formula is C15H18ClN3OS. The normalized spacial score (nSPS) is 15.2. The summed E-state index contributed by atoms with van der Waals surface area (Å²) < 4.78 is 5.37. The lowest BCUT2D eigenvalue weighted by Gasteiger charge is -2.28. The lowest BCUT2D eigenvalue weighted by Crippen LogP contribution is -2.36. The van der Waals surface area contributed by atoms with Gasteiger partial charge >= 0.3 is 0 Å². The minimum atomic E-state index is 0.775. The molecule has 2 aromatic heterocycles. The lowest BCUT2D eigenvalue weighted by molar-refractivity contribution is 0.122. The largest absolute Gasteiger partial charge is 0.379 e. The molecule has 0 radical (unpaired) electrons. The van der Waals surface area contributed by atoms with Crippen LogP contribution in [0.1, 0.15) is 10.6 Å². The molecule has 1 saturated heterocycles. The number of halogens is 1. The summed E-state index contributed by atoms with van der Waals surface area (Å²) in [5.74, 6) is 1.03. The van der Waals surface area contributed by atoms with Gasteiger partial charge in [0.05, 0.1) is 29.6 Å². The molecule has 1 N–H and O–H groups in total. The Hall–Kier alpha value is -1.30. The van der Waals surface area contributed by atoms with Crippen molar-refractivity contribution >= 4 is 34.4 Å². The number of morpholine rings is 1. The van der Waals surface area contributed by atoms with E-state index in [0.717, 1.165) is 55.1 Å². The minimum absolute atomic E-state index is 0.775. The Morgan fingerprint density at radius 1 is 1.38 bits per heavy atom. The quantitative estimate of drug-likeness (QED) is 0.933. The Bertz CT molecular complexity index is 611. The maximum atomic E-state index is 5.93. The van der Waals surface area contributed by atoms with Crippen molar-refractivity contribution < 1.29 is 4.74 Å². The fourth-order valence-electron chi connectivity index (χ4n) is 2.33. The number of anilines is 2. The maximum absolute atomic E-state index is 5.93. The van der Waals surface area contributed by atoms with Gasteiger partial charge in [0, 0.05) is 29.9 Å². The maximum Gasteiger partial charge on any atom is 0.129 e. The summed E-state index contributed by atoms with van der Waals surface area (Å²) >= 11 is 7.60. The van der Waals surface area contributed by atoms with Crippen molar-refractivity contribution in [2.24, 2.45) is 0 Å². The number of aromatic nitrogens is 1. The summed E-state index contributed by atoms with van der Waals surface area (Å²) in [6, 6.07) is 6.16. The summed E-state index contributed by atoms with van der Waals surface area (Å²) in [5.41, 5.74) is 2.08. The number of ether oxygens (including phenoxy) is 1. The van der Waals surface area contributed by atoms with Gasteiger partial charge in [-0.25, -0.2) is 4.98 Å². The Morgan fingerprint density at radius 2 is 2.19 bits per heavy atom. The Labute approximate surface area is 133 Å². The molecule has 1 fully saturated rings. The van der Waals surface area contributed by atoms with Gasteiger partial charge in [0.2, 0.25) is 0 Å². The van der Waals surface area contributed by atoms with E-state index in [1.807, 2.05) is 18.4 Å². The van der Waals surface area contributed by atoms with Gasteiger partial charge in [0.15, 0.2) is 0 Å². The predicted octanol–water partition coefficient (Wildman–Crippen LogP) is 3.55. The van der Waals surface area contributed by atoms with Crippen molar-refractivity contribution in [1.29, 1.82) is 0 Å². The van der Waals surface area contributed by atoms with Crippen LogP contribution in [0.5, 0.6) is 0 Å². The number of pyridine rings is 1. The minimum Gasteiger partial charge on any atom is -0.379 e. The van der Waals surface area contributed by atoms with E-state index in [4.69, 9.17) is 21.3 Å². The van der Waals surface area contributed by atoms with E-state index in [1.165, 1.54) is 4.88 Å². The predicted molar refractivity (Wildman–Crippen MR) is 88.7 cm³/mol. The molecule has 0 amide bonds. The van der Waals surface area contributed by atoms with E-state index >= 15 is 0 Å². The fraction of sp³-hybridized carbons (Fsp3) is 0.400. The molecule has 0 atom stereocenters. The van der Waals surface area contributed by atoms with Crippen LogP contribution in [0.15, 0.2) is 23.6 Å². The van der Waals surface area contributed by atoms with E-state index in [-0.39, 0.29) is 0 Å². The first kappa shape index (κ1) is 14.6. The van der Waals surface area contributed by atoms with Crippen molar-refractivity contribution in [2.45, 2.75) is 13.5 Å². The van der Waals surface area contributed by atoms with Crippen LogP contribution in [0.2, 0.25) is 5.02 Å². The zero-order valence-corrected chi connectivity index (χ0v) is 13.5. The summed E-state index contributed by atoms with van der Waals surface area (Å²) in [6.45, 7) is 6.18. The third kappa shape index (κ3) is 3.67. The van der Waals surface area contributed by atoms with E-state index in [2.05, 4.69) is 22.3 Å². The number of nitrogens with one attached hydrogen (secondary N) is 1. The second kappa shape index (κ2) is 6.64. The van der Waals surface area contributed by atoms with Crippen LogP contribution in [0.25, 0.3) is 0 Å². The van der Waals surface area contributed by atoms with Crippen molar-refractivity contribution in [1.82, 2.24) is 4.98 Å². The molecule has 1 aliphatic heterocycles. The Balaban J connectivity index is 1.66. The molecule has 2 aromatic rings. The number of hydrogen-bond donors (Lipinski definition) is 1. The van der Waals surface area contributed by atoms with Crippen LogP contribution in [-0.2, 0) is 11.3 Å². The second-order valence-corrected chi connectivity index (χ2v) is 6.42. The molecule has 3 heterocycles. The van der Waals surface area contributed by atoms with Crippen molar-refractivity contribution in [3.8, 4) is 0 Å². The molecule has 1 aliphatic rings. The Morgan fingerprint density at radius 3 is 2.86 bits per heavy atom. The van der Waals surface area contributed by atoms with Gasteiger partial charge in [0.25, 0.3) is 0 Å². The van der Waals surface area contributed by atoms with Gasteiger partial charge in [-0.1, -0.05) is 11.6 Å². The van der Waals surface area contributed by atoms with E-state index in [0.29, 0.717) is 0 Å². The summed E-state index contributed by atoms with van der Waals surface area (Å²) in [6.07, 6.45) is 0. The molecule has 0 bridgehead atoms. The molecule has 0 unspecified atom stereocenters. The highest BCUT2D eigenvalue weighted by atomic mass is 35.5. The van der Waals surface area contributed by atoms with Crippen molar-refractivity contribution in [3.63, 3.8) is 0 Å². The summed E-state index contributed by atoms with van der Waals surface area (Å²) in [5, 5.41) is 6.17. The number of thiophene rings is 1. The monoisotopic (exact) mass is 323 g/mol. The molecule has 0 aromatic carbocycles. The van der Waals surface area contributed by atoms with Crippen LogP contribution in [-0.4, -0.2) is 31.3 Å². The number of nitrogens with zero attached hydrogens (tertiary/aromatic N) is 2. The zero-order chi connectivity index (χ0) is 14.7. The first-order chi connectivity index (χ1) is 10.2. The molecular weight excluding hydrogens is 306 g/mol. The molecule has 112 valence electrons. The highest BCUT2D eigenvalue weighted by Crippen LogP contribution is 2.23. The van der Waals surface area contributed by atoms with E-state index < -0.39 is 0 Å². The highest BCUT2D eigenvalue weighted by molar-refractivity contribution is 7.10. The van der Waals surface area contributed by atoms with Crippen molar-refractivity contribution in [3.05, 3.63) is 39.2 Å². The van der Waals surface area contributed by atoms with Gasteiger partial charge in [-0.05, 0) is 25.1 Å². The van der Waals surface area contributed by atoms with Crippen LogP contribution < -0.4 is 10.2 Å². The molecule has 3 rings (SSSR count). The van der Waals surface area contributed by atoms with Crippen LogP contribution in [0.4, 0.5) is 11.5 Å². The average Bonchev–Trinajstić information content (AvgIpc) is 2.92. The van der Waals surface area contributed by atoms with Crippen LogP contribution in [0, 0.1) is 6.92 Å². The summed E-state index contributed by atoms with van der Waals surface area (Å²) in [4.78, 5) is 8.18. The first-order valence-electron chi connectivity index (χ1n) is 6.99. The van der Waals surface area contributed by atoms with Crippen LogP contribution in [0.3, 0.4) is 0 Å². The molecule has 0 aliphatic carbocycles. The Kier molecular flexibility index (Phi) is 4.63. The SMILES string of the molecule is Cc1nc(N2CCOCC2)ccc1NCc1cc(Cl)cs1. The number of aryl methyl sites for hydroxylation is 1. The van der Waals surface area contributed by atoms with Gasteiger partial charge in [-0.15, -0.1) is 11.3 Å². The molecule has 6 heteroatoms.